The molecule has 1 atom stereocenters. The van der Waals surface area contributed by atoms with E-state index in [1.807, 2.05) is 0 Å². The second kappa shape index (κ2) is 4.04. The second-order valence-corrected chi connectivity index (χ2v) is 2.32. The minimum absolute atomic E-state index is 0.320. The van der Waals surface area contributed by atoms with Gasteiger partial charge in [0.1, 0.15) is 11.9 Å². The standard InChI is InChI=1S/C8H11NO3/c1-12-6-2-3-7(9-4-6)8(11)5-10/h2-4,8,10-11H,5H2,1H3. The third kappa shape index (κ3) is 1.93. The molecule has 0 saturated carbocycles. The Labute approximate surface area is 70.4 Å². The van der Waals surface area contributed by atoms with Crippen molar-refractivity contribution in [3.8, 4) is 5.75 Å². The average molecular weight is 169 g/mol. The van der Waals surface area contributed by atoms with Crippen LogP contribution < -0.4 is 4.74 Å². The van der Waals surface area contributed by atoms with Crippen LogP contribution in [0.5, 0.6) is 5.75 Å². The molecular formula is C8H11NO3. The summed E-state index contributed by atoms with van der Waals surface area (Å²) in [5.74, 6) is 0.629. The molecule has 2 N–H and O–H groups in total. The normalized spacial score (nSPS) is 12.6. The topological polar surface area (TPSA) is 62.6 Å². The third-order valence-corrected chi connectivity index (χ3v) is 1.51. The van der Waals surface area contributed by atoms with E-state index in [2.05, 4.69) is 4.98 Å². The molecule has 1 aromatic heterocycles. The van der Waals surface area contributed by atoms with Gasteiger partial charge in [-0.3, -0.25) is 4.98 Å². The molecule has 66 valence electrons. The van der Waals surface area contributed by atoms with Crippen molar-refractivity contribution in [1.82, 2.24) is 4.98 Å². The summed E-state index contributed by atoms with van der Waals surface area (Å²) in [5.41, 5.74) is 0.443. The summed E-state index contributed by atoms with van der Waals surface area (Å²) in [6.45, 7) is -0.320. The number of nitrogens with zero attached hydrogens (tertiary/aromatic N) is 1. The van der Waals surface area contributed by atoms with Crippen LogP contribution in [-0.2, 0) is 0 Å². The molecule has 0 spiro atoms. The number of aliphatic hydroxyl groups is 2. The molecule has 0 aliphatic heterocycles. The van der Waals surface area contributed by atoms with Crippen LogP contribution >= 0.6 is 0 Å². The molecule has 1 unspecified atom stereocenters. The van der Waals surface area contributed by atoms with Crippen LogP contribution in [0.1, 0.15) is 11.8 Å². The van der Waals surface area contributed by atoms with Crippen LogP contribution in [0, 0.1) is 0 Å². The van der Waals surface area contributed by atoms with E-state index in [0.29, 0.717) is 11.4 Å². The fraction of sp³-hybridized carbons (Fsp3) is 0.375. The molecule has 12 heavy (non-hydrogen) atoms. The van der Waals surface area contributed by atoms with Crippen molar-refractivity contribution in [2.45, 2.75) is 6.10 Å². The van der Waals surface area contributed by atoms with E-state index in [1.54, 1.807) is 19.2 Å². The van der Waals surface area contributed by atoms with E-state index in [9.17, 15) is 0 Å². The highest BCUT2D eigenvalue weighted by molar-refractivity contribution is 5.20. The minimum atomic E-state index is -0.907. The summed E-state index contributed by atoms with van der Waals surface area (Å²) >= 11 is 0. The van der Waals surface area contributed by atoms with E-state index in [-0.39, 0.29) is 6.61 Å². The molecule has 0 bridgehead atoms. The summed E-state index contributed by atoms with van der Waals surface area (Å²) in [7, 11) is 1.54. The zero-order chi connectivity index (χ0) is 8.97. The molecule has 0 amide bonds. The zero-order valence-electron chi connectivity index (χ0n) is 6.77. The molecule has 1 rings (SSSR count). The highest BCUT2D eigenvalue weighted by Gasteiger charge is 2.06. The van der Waals surface area contributed by atoms with E-state index in [0.717, 1.165) is 0 Å². The minimum Gasteiger partial charge on any atom is -0.495 e. The van der Waals surface area contributed by atoms with Crippen LogP contribution in [-0.4, -0.2) is 28.9 Å². The number of rotatable bonds is 3. The maximum atomic E-state index is 9.14. The number of pyridine rings is 1. The highest BCUT2D eigenvalue weighted by Crippen LogP contribution is 2.13. The molecule has 0 saturated heterocycles. The Bertz CT molecular complexity index is 235. The summed E-state index contributed by atoms with van der Waals surface area (Å²) in [6.07, 6.45) is 0.588. The zero-order valence-corrected chi connectivity index (χ0v) is 6.77. The monoisotopic (exact) mass is 169 g/mol. The second-order valence-electron chi connectivity index (χ2n) is 2.32. The largest absolute Gasteiger partial charge is 0.495 e. The number of aliphatic hydroxyl groups excluding tert-OH is 2. The summed E-state index contributed by atoms with van der Waals surface area (Å²) in [4.78, 5) is 3.89. The molecule has 1 heterocycles. The predicted octanol–water partition coefficient (Wildman–Crippen LogP) is 0.116. The van der Waals surface area contributed by atoms with Gasteiger partial charge in [-0.15, -0.1) is 0 Å². The van der Waals surface area contributed by atoms with Crippen LogP contribution in [0.2, 0.25) is 0 Å². The van der Waals surface area contributed by atoms with Crippen LogP contribution in [0.25, 0.3) is 0 Å². The maximum absolute atomic E-state index is 9.14. The first kappa shape index (κ1) is 8.96. The Kier molecular flexibility index (Phi) is 3.01. The molecule has 1 aromatic rings. The molecule has 0 radical (unpaired) electrons. The molecular weight excluding hydrogens is 158 g/mol. The van der Waals surface area contributed by atoms with Crippen molar-refractivity contribution in [2.75, 3.05) is 13.7 Å². The third-order valence-electron chi connectivity index (χ3n) is 1.51. The Morgan fingerprint density at radius 3 is 2.75 bits per heavy atom. The molecule has 0 fully saturated rings. The SMILES string of the molecule is COc1ccc(C(O)CO)nc1. The highest BCUT2D eigenvalue weighted by atomic mass is 16.5. The Morgan fingerprint density at radius 1 is 1.58 bits per heavy atom. The van der Waals surface area contributed by atoms with Crippen LogP contribution in [0.15, 0.2) is 18.3 Å². The first-order valence-corrected chi connectivity index (χ1v) is 3.56. The van der Waals surface area contributed by atoms with Crippen LogP contribution in [0.4, 0.5) is 0 Å². The summed E-state index contributed by atoms with van der Waals surface area (Å²) in [5, 5.41) is 17.7. The molecule has 0 aliphatic carbocycles. The van der Waals surface area contributed by atoms with Crippen molar-refractivity contribution in [3.05, 3.63) is 24.0 Å². The van der Waals surface area contributed by atoms with Gasteiger partial charge in [0.25, 0.3) is 0 Å². The Morgan fingerprint density at radius 2 is 2.33 bits per heavy atom. The number of hydrogen-bond donors (Lipinski definition) is 2. The van der Waals surface area contributed by atoms with Crippen molar-refractivity contribution >= 4 is 0 Å². The first-order valence-electron chi connectivity index (χ1n) is 3.56. The first-order chi connectivity index (χ1) is 5.77. The van der Waals surface area contributed by atoms with Crippen molar-refractivity contribution in [3.63, 3.8) is 0 Å². The molecule has 0 aliphatic rings. The number of ether oxygens (including phenoxy) is 1. The van der Waals surface area contributed by atoms with Crippen molar-refractivity contribution < 1.29 is 14.9 Å². The maximum Gasteiger partial charge on any atom is 0.137 e. The van der Waals surface area contributed by atoms with Gasteiger partial charge in [-0.05, 0) is 12.1 Å². The van der Waals surface area contributed by atoms with Gasteiger partial charge in [-0.25, -0.2) is 0 Å². The van der Waals surface area contributed by atoms with E-state index in [4.69, 9.17) is 14.9 Å². The molecule has 0 aromatic carbocycles. The van der Waals surface area contributed by atoms with Crippen molar-refractivity contribution in [1.29, 1.82) is 0 Å². The van der Waals surface area contributed by atoms with Gasteiger partial charge in [0, 0.05) is 0 Å². The smallest absolute Gasteiger partial charge is 0.137 e. The van der Waals surface area contributed by atoms with Gasteiger partial charge >= 0.3 is 0 Å². The fourth-order valence-electron chi connectivity index (χ4n) is 0.803. The lowest BCUT2D eigenvalue weighted by Gasteiger charge is -2.06. The number of hydrogen-bond acceptors (Lipinski definition) is 4. The molecule has 4 nitrogen and oxygen atoms in total. The average Bonchev–Trinajstić information content (AvgIpc) is 2.17. The van der Waals surface area contributed by atoms with Gasteiger partial charge in [-0.1, -0.05) is 0 Å². The lowest BCUT2D eigenvalue weighted by atomic mass is 10.2. The van der Waals surface area contributed by atoms with E-state index >= 15 is 0 Å². The van der Waals surface area contributed by atoms with Gasteiger partial charge in [0.05, 0.1) is 25.6 Å². The van der Waals surface area contributed by atoms with Gasteiger partial charge in [0.15, 0.2) is 0 Å². The van der Waals surface area contributed by atoms with Crippen LogP contribution in [0.3, 0.4) is 0 Å². The fourth-order valence-corrected chi connectivity index (χ4v) is 0.803. The van der Waals surface area contributed by atoms with Gasteiger partial charge in [-0.2, -0.15) is 0 Å². The van der Waals surface area contributed by atoms with Crippen molar-refractivity contribution in [2.24, 2.45) is 0 Å². The number of aromatic nitrogens is 1. The summed E-state index contributed by atoms with van der Waals surface area (Å²) in [6, 6.07) is 3.29. The predicted molar refractivity (Wildman–Crippen MR) is 42.8 cm³/mol. The van der Waals surface area contributed by atoms with Gasteiger partial charge in [0.2, 0.25) is 0 Å². The Hall–Kier alpha value is -1.13. The van der Waals surface area contributed by atoms with E-state index in [1.165, 1.54) is 6.20 Å². The Balaban J connectivity index is 2.77. The lowest BCUT2D eigenvalue weighted by molar-refractivity contribution is 0.0922. The van der Waals surface area contributed by atoms with Gasteiger partial charge < -0.3 is 14.9 Å². The quantitative estimate of drug-likeness (QED) is 0.674. The lowest BCUT2D eigenvalue weighted by Crippen LogP contribution is -2.04. The summed E-state index contributed by atoms with van der Waals surface area (Å²) < 4.78 is 4.88. The molecule has 4 heteroatoms. The number of methoxy groups -OCH3 is 1. The van der Waals surface area contributed by atoms with E-state index < -0.39 is 6.10 Å².